The first-order chi connectivity index (χ1) is 6.74. The van der Waals surface area contributed by atoms with Crippen molar-refractivity contribution in [3.63, 3.8) is 0 Å². The van der Waals surface area contributed by atoms with E-state index in [1.807, 2.05) is 26.0 Å². The van der Waals surface area contributed by atoms with Gasteiger partial charge in [-0.3, -0.25) is 3.97 Å². The molecule has 0 spiro atoms. The summed E-state index contributed by atoms with van der Waals surface area (Å²) >= 11 is 2.25. The molecule has 3 heteroatoms. The van der Waals surface area contributed by atoms with E-state index >= 15 is 0 Å². The van der Waals surface area contributed by atoms with E-state index in [2.05, 4.69) is 51.5 Å². The van der Waals surface area contributed by atoms with Gasteiger partial charge in [0, 0.05) is 42.1 Å². The van der Waals surface area contributed by atoms with Crippen LogP contribution in [0.5, 0.6) is 0 Å². The molecule has 0 saturated carbocycles. The smallest absolute Gasteiger partial charge is 0.0595 e. The van der Waals surface area contributed by atoms with Crippen LogP contribution in [0, 0.1) is 6.92 Å². The first-order valence-corrected chi connectivity index (χ1v) is 7.82. The molecule has 0 bridgehead atoms. The quantitative estimate of drug-likeness (QED) is 0.713. The monoisotopic (exact) mass is 321 g/mol. The number of hydrogen-bond acceptors (Lipinski definition) is 1. The lowest BCUT2D eigenvalue weighted by Gasteiger charge is -1.98. The van der Waals surface area contributed by atoms with E-state index < -0.39 is 0 Å². The van der Waals surface area contributed by atoms with E-state index in [1.165, 1.54) is 11.1 Å². The van der Waals surface area contributed by atoms with Crippen molar-refractivity contribution in [3.8, 4) is 0 Å². The highest BCUT2D eigenvalue weighted by atomic mass is 127. The SMILES string of the molecule is C=Cc1c(C)cn(SI)c1C=C.CC. The van der Waals surface area contributed by atoms with Crippen LogP contribution in [0.15, 0.2) is 19.4 Å². The average Bonchev–Trinajstić information content (AvgIpc) is 2.56. The molecule has 1 rings (SSSR count). The van der Waals surface area contributed by atoms with Gasteiger partial charge < -0.3 is 0 Å². The summed E-state index contributed by atoms with van der Waals surface area (Å²) in [4.78, 5) is 0. The molecule has 0 aromatic carbocycles. The zero-order valence-corrected chi connectivity index (χ0v) is 11.9. The van der Waals surface area contributed by atoms with Gasteiger partial charge in [0.2, 0.25) is 0 Å². The van der Waals surface area contributed by atoms with Crippen molar-refractivity contribution in [2.45, 2.75) is 20.8 Å². The molecule has 0 aliphatic heterocycles. The van der Waals surface area contributed by atoms with Gasteiger partial charge in [-0.05, 0) is 18.6 Å². The second-order valence-electron chi connectivity index (χ2n) is 2.41. The Hall–Kier alpha value is -0.160. The molecule has 0 N–H and O–H groups in total. The van der Waals surface area contributed by atoms with Crippen molar-refractivity contribution in [1.82, 2.24) is 3.97 Å². The van der Waals surface area contributed by atoms with Gasteiger partial charge in [0.15, 0.2) is 0 Å². The van der Waals surface area contributed by atoms with Crippen molar-refractivity contribution >= 4 is 42.5 Å². The fraction of sp³-hybridized carbons (Fsp3) is 0.273. The summed E-state index contributed by atoms with van der Waals surface area (Å²) in [6.45, 7) is 13.6. The summed E-state index contributed by atoms with van der Waals surface area (Å²) in [6, 6.07) is 0. The molecule has 0 atom stereocenters. The molecule has 0 amide bonds. The largest absolute Gasteiger partial charge is 0.282 e. The molecule has 0 aliphatic rings. The molecule has 1 aromatic rings. The van der Waals surface area contributed by atoms with Crippen LogP contribution in [0.3, 0.4) is 0 Å². The number of halogens is 1. The Morgan fingerprint density at radius 1 is 1.36 bits per heavy atom. The minimum absolute atomic E-state index is 1.13. The Labute approximate surface area is 103 Å². The summed E-state index contributed by atoms with van der Waals surface area (Å²) in [7, 11) is 1.64. The first kappa shape index (κ1) is 13.8. The third-order valence-electron chi connectivity index (χ3n) is 1.72. The maximum Gasteiger partial charge on any atom is 0.0595 e. The molecule has 0 unspecified atom stereocenters. The lowest BCUT2D eigenvalue weighted by molar-refractivity contribution is 1.26. The van der Waals surface area contributed by atoms with Crippen LogP contribution < -0.4 is 0 Å². The van der Waals surface area contributed by atoms with Crippen molar-refractivity contribution in [1.29, 1.82) is 0 Å². The summed E-state index contributed by atoms with van der Waals surface area (Å²) < 4.78 is 2.08. The zero-order chi connectivity index (χ0) is 11.1. The van der Waals surface area contributed by atoms with E-state index in [1.54, 1.807) is 9.12 Å². The van der Waals surface area contributed by atoms with Gasteiger partial charge in [-0.15, -0.1) is 0 Å². The summed E-state index contributed by atoms with van der Waals surface area (Å²) in [5.74, 6) is 0. The highest BCUT2D eigenvalue weighted by molar-refractivity contribution is 14.2. The van der Waals surface area contributed by atoms with Crippen LogP contribution >= 0.6 is 30.3 Å². The third kappa shape index (κ3) is 2.92. The Balaban J connectivity index is 0.000000791. The maximum absolute atomic E-state index is 3.78. The number of nitrogens with zero attached hydrogens (tertiary/aromatic N) is 1. The van der Waals surface area contributed by atoms with Crippen molar-refractivity contribution in [3.05, 3.63) is 36.2 Å². The summed E-state index contributed by atoms with van der Waals surface area (Å²) in [6.07, 6.45) is 5.82. The topological polar surface area (TPSA) is 4.93 Å². The molecule has 0 fully saturated rings. The molecule has 1 nitrogen and oxygen atoms in total. The van der Waals surface area contributed by atoms with Gasteiger partial charge in [0.25, 0.3) is 0 Å². The molecule has 1 aromatic heterocycles. The fourth-order valence-corrected chi connectivity index (χ4v) is 2.58. The third-order valence-corrected chi connectivity index (χ3v) is 3.44. The average molecular weight is 321 g/mol. The van der Waals surface area contributed by atoms with Crippen LogP contribution in [0.4, 0.5) is 0 Å². The second-order valence-corrected chi connectivity index (χ2v) is 4.13. The summed E-state index contributed by atoms with van der Waals surface area (Å²) in [5.41, 5.74) is 3.54. The van der Waals surface area contributed by atoms with Gasteiger partial charge in [-0.25, -0.2) is 0 Å². The highest BCUT2D eigenvalue weighted by Gasteiger charge is 2.06. The maximum atomic E-state index is 3.78. The van der Waals surface area contributed by atoms with E-state index in [9.17, 15) is 0 Å². The van der Waals surface area contributed by atoms with Crippen molar-refractivity contribution in [2.24, 2.45) is 0 Å². The Kier molecular flexibility index (Phi) is 7.09. The molecule has 1 heterocycles. The van der Waals surface area contributed by atoms with Gasteiger partial charge in [-0.1, -0.05) is 33.1 Å². The molecule has 14 heavy (non-hydrogen) atoms. The van der Waals surface area contributed by atoms with Gasteiger partial charge in [-0.2, -0.15) is 0 Å². The predicted octanol–water partition coefficient (Wildman–Crippen LogP) is 4.96. The van der Waals surface area contributed by atoms with Crippen LogP contribution in [-0.2, 0) is 0 Å². The van der Waals surface area contributed by atoms with Crippen molar-refractivity contribution in [2.75, 3.05) is 0 Å². The Morgan fingerprint density at radius 3 is 2.29 bits per heavy atom. The molecular weight excluding hydrogens is 305 g/mol. The Morgan fingerprint density at radius 2 is 1.93 bits per heavy atom. The van der Waals surface area contributed by atoms with E-state index in [-0.39, 0.29) is 0 Å². The van der Waals surface area contributed by atoms with E-state index in [0.717, 1.165) is 5.69 Å². The molecule has 78 valence electrons. The molecular formula is C11H16INS. The molecule has 0 saturated heterocycles. The predicted molar refractivity (Wildman–Crippen MR) is 77.7 cm³/mol. The standard InChI is InChI=1S/C9H10INS.C2H6/c1-4-8-7(3)6-11(12-10)9(8)5-2;1-2/h4-6H,1-2H2,3H3;1-2H3. The second kappa shape index (κ2) is 7.17. The number of aromatic nitrogens is 1. The van der Waals surface area contributed by atoms with Crippen LogP contribution in [0.25, 0.3) is 12.2 Å². The Bertz CT molecular complexity index is 315. The van der Waals surface area contributed by atoms with Gasteiger partial charge in [0.05, 0.1) is 5.69 Å². The van der Waals surface area contributed by atoms with Crippen LogP contribution in [0.1, 0.15) is 30.7 Å². The van der Waals surface area contributed by atoms with E-state index in [0.29, 0.717) is 0 Å². The van der Waals surface area contributed by atoms with Gasteiger partial charge >= 0.3 is 0 Å². The van der Waals surface area contributed by atoms with Crippen LogP contribution in [0.2, 0.25) is 0 Å². The number of aryl methyl sites for hydroxylation is 1. The minimum Gasteiger partial charge on any atom is -0.282 e. The lowest BCUT2D eigenvalue weighted by Crippen LogP contribution is -1.83. The number of rotatable bonds is 3. The highest BCUT2D eigenvalue weighted by Crippen LogP contribution is 2.26. The number of hydrogen-bond donors (Lipinski definition) is 0. The van der Waals surface area contributed by atoms with Crippen molar-refractivity contribution < 1.29 is 0 Å². The zero-order valence-electron chi connectivity index (χ0n) is 8.88. The first-order valence-electron chi connectivity index (χ1n) is 4.50. The molecule has 0 aliphatic carbocycles. The minimum atomic E-state index is 1.13. The van der Waals surface area contributed by atoms with Gasteiger partial charge in [0.1, 0.15) is 0 Å². The summed E-state index contributed by atoms with van der Waals surface area (Å²) in [5, 5.41) is 0. The fourth-order valence-electron chi connectivity index (χ4n) is 1.16. The normalized spacial score (nSPS) is 8.86. The van der Waals surface area contributed by atoms with Crippen LogP contribution in [-0.4, -0.2) is 3.97 Å². The molecule has 0 radical (unpaired) electrons. The van der Waals surface area contributed by atoms with E-state index in [4.69, 9.17) is 0 Å². The lowest BCUT2D eigenvalue weighted by atomic mass is 10.1.